The van der Waals surface area contributed by atoms with Crippen molar-refractivity contribution in [2.24, 2.45) is 5.16 Å². The van der Waals surface area contributed by atoms with E-state index in [9.17, 15) is 19.5 Å². The molecule has 152 valence electrons. The van der Waals surface area contributed by atoms with Crippen molar-refractivity contribution in [2.75, 3.05) is 22.5 Å². The van der Waals surface area contributed by atoms with Crippen molar-refractivity contribution in [3.05, 3.63) is 22.3 Å². The number of hydrogen-bond acceptors (Lipinski definition) is 9. The highest BCUT2D eigenvalue weighted by Gasteiger charge is 2.54. The van der Waals surface area contributed by atoms with Gasteiger partial charge in [0.25, 0.3) is 11.8 Å². The van der Waals surface area contributed by atoms with Gasteiger partial charge in [0.15, 0.2) is 17.5 Å². The monoisotopic (exact) mass is 547 g/mol. The predicted octanol–water partition coefficient (Wildman–Crippen LogP) is 0.253. The topological polar surface area (TPSA) is 147 Å². The first-order valence-electron chi connectivity index (χ1n) is 8.00. The van der Waals surface area contributed by atoms with Crippen molar-refractivity contribution in [3.8, 4) is 12.3 Å². The summed E-state index contributed by atoms with van der Waals surface area (Å²) >= 11 is 4.56. The number of nitrogen functional groups attached to an aromatic ring is 1. The van der Waals surface area contributed by atoms with E-state index in [4.69, 9.17) is 17.0 Å². The molecular weight excluding hydrogens is 533 g/mol. The Morgan fingerprint density at radius 3 is 2.93 bits per heavy atom. The van der Waals surface area contributed by atoms with Crippen LogP contribution in [0.4, 0.5) is 5.13 Å². The van der Waals surface area contributed by atoms with Gasteiger partial charge < -0.3 is 21.0 Å². The van der Waals surface area contributed by atoms with Crippen LogP contribution < -0.4 is 11.1 Å². The average Bonchev–Trinajstić information content (AvgIpc) is 3.13. The second-order valence-electron chi connectivity index (χ2n) is 5.74. The first-order valence-corrected chi connectivity index (χ1v) is 11.5. The van der Waals surface area contributed by atoms with Crippen molar-refractivity contribution in [1.82, 2.24) is 15.2 Å². The molecule has 3 heterocycles. The molecule has 0 radical (unpaired) electrons. The molecule has 0 aromatic carbocycles. The lowest BCUT2D eigenvalue weighted by atomic mass is 10.0. The normalized spacial score (nSPS) is 21.2. The van der Waals surface area contributed by atoms with Crippen LogP contribution in [0.25, 0.3) is 0 Å². The highest BCUT2D eigenvalue weighted by molar-refractivity contribution is 14.1. The van der Waals surface area contributed by atoms with E-state index in [1.54, 1.807) is 0 Å². The second kappa shape index (κ2) is 9.01. The molecule has 2 aliphatic heterocycles. The van der Waals surface area contributed by atoms with Crippen LogP contribution in [0.2, 0.25) is 0 Å². The third-order valence-corrected chi connectivity index (χ3v) is 6.92. The summed E-state index contributed by atoms with van der Waals surface area (Å²) in [4.78, 5) is 47.1. The number of nitrogens with one attached hydrogen (secondary N) is 1. The summed E-state index contributed by atoms with van der Waals surface area (Å²) in [5, 5.41) is 17.0. The Morgan fingerprint density at radius 1 is 1.59 bits per heavy atom. The number of halogens is 1. The van der Waals surface area contributed by atoms with Crippen molar-refractivity contribution in [2.45, 2.75) is 11.4 Å². The van der Waals surface area contributed by atoms with Crippen LogP contribution in [0.5, 0.6) is 0 Å². The molecule has 1 saturated heterocycles. The summed E-state index contributed by atoms with van der Waals surface area (Å²) in [6.45, 7) is -0.156. The first-order chi connectivity index (χ1) is 13.9. The van der Waals surface area contributed by atoms with Gasteiger partial charge in [0.05, 0.1) is 0 Å². The molecule has 3 rings (SSSR count). The van der Waals surface area contributed by atoms with E-state index >= 15 is 0 Å². The molecular formula is C16H14IN5O5S2. The van der Waals surface area contributed by atoms with Gasteiger partial charge in [0, 0.05) is 15.6 Å². The number of carboxylic acids is 1. The number of rotatable bonds is 7. The van der Waals surface area contributed by atoms with E-state index in [1.807, 2.05) is 0 Å². The lowest BCUT2D eigenvalue weighted by molar-refractivity contribution is -0.150. The number of carbonyl (C=O) groups is 3. The van der Waals surface area contributed by atoms with Crippen LogP contribution in [0.1, 0.15) is 5.69 Å². The molecule has 29 heavy (non-hydrogen) atoms. The SMILES string of the molecule is C#CCO/N=C(\C(=O)N[C@@H]1C(=O)N2C(C(=O)O)=C(CI)CS[C@H]12)c1csc(N)n1. The van der Waals surface area contributed by atoms with Gasteiger partial charge in [0.1, 0.15) is 22.8 Å². The fourth-order valence-corrected chi connectivity index (χ4v) is 5.62. The Kier molecular flexibility index (Phi) is 6.65. The van der Waals surface area contributed by atoms with Crippen LogP contribution in [-0.4, -0.2) is 66.7 Å². The van der Waals surface area contributed by atoms with Crippen molar-refractivity contribution >= 4 is 74.3 Å². The number of β-lactam (4-membered cyclic amide) rings is 1. The largest absolute Gasteiger partial charge is 0.477 e. The maximum Gasteiger partial charge on any atom is 0.352 e. The molecule has 1 fully saturated rings. The third-order valence-electron chi connectivity index (χ3n) is 3.98. The van der Waals surface area contributed by atoms with Gasteiger partial charge in [-0.1, -0.05) is 33.7 Å². The highest BCUT2D eigenvalue weighted by atomic mass is 127. The zero-order chi connectivity index (χ0) is 21.1. The number of nitrogens with zero attached hydrogens (tertiary/aromatic N) is 3. The summed E-state index contributed by atoms with van der Waals surface area (Å²) < 4.78 is 0.495. The molecule has 0 unspecified atom stereocenters. The number of hydrogen-bond donors (Lipinski definition) is 3. The van der Waals surface area contributed by atoms with Gasteiger partial charge in [-0.05, 0) is 5.57 Å². The smallest absolute Gasteiger partial charge is 0.352 e. The number of anilines is 1. The number of oxime groups is 1. The van der Waals surface area contributed by atoms with Crippen molar-refractivity contribution < 1.29 is 24.3 Å². The minimum Gasteiger partial charge on any atom is -0.477 e. The Labute approximate surface area is 187 Å². The summed E-state index contributed by atoms with van der Waals surface area (Å²) in [6.07, 6.45) is 5.11. The minimum atomic E-state index is -1.16. The van der Waals surface area contributed by atoms with Gasteiger partial charge in [-0.2, -0.15) is 0 Å². The Hall–Kier alpha value is -2.31. The molecule has 1 aromatic heterocycles. The average molecular weight is 547 g/mol. The number of alkyl halides is 1. The highest BCUT2D eigenvalue weighted by Crippen LogP contribution is 2.40. The summed E-state index contributed by atoms with van der Waals surface area (Å²) in [6, 6.07) is -0.897. The van der Waals surface area contributed by atoms with Gasteiger partial charge in [-0.25, -0.2) is 9.78 Å². The zero-order valence-electron chi connectivity index (χ0n) is 14.6. The minimum absolute atomic E-state index is 0.0165. The Bertz CT molecular complexity index is 969. The van der Waals surface area contributed by atoms with E-state index in [0.717, 1.165) is 11.3 Å². The van der Waals surface area contributed by atoms with Crippen LogP contribution in [0.15, 0.2) is 21.8 Å². The second-order valence-corrected chi connectivity index (χ2v) is 8.50. The zero-order valence-corrected chi connectivity index (χ0v) is 18.4. The van der Waals surface area contributed by atoms with Gasteiger partial charge in [-0.3, -0.25) is 14.5 Å². The molecule has 10 nitrogen and oxygen atoms in total. The first kappa shape index (κ1) is 21.4. The van der Waals surface area contributed by atoms with Gasteiger partial charge >= 0.3 is 5.97 Å². The summed E-state index contributed by atoms with van der Waals surface area (Å²) in [5.41, 5.74) is 6.26. The molecule has 13 heteroatoms. The number of carboxylic acid groups (broad SMARTS) is 1. The van der Waals surface area contributed by atoms with Crippen LogP contribution in [0.3, 0.4) is 0 Å². The molecule has 0 bridgehead atoms. The van der Waals surface area contributed by atoms with Crippen LogP contribution >= 0.6 is 45.7 Å². The molecule has 0 saturated carbocycles. The maximum absolute atomic E-state index is 12.7. The van der Waals surface area contributed by atoms with Gasteiger partial charge in [-0.15, -0.1) is 29.5 Å². The molecule has 2 amide bonds. The summed E-state index contributed by atoms with van der Waals surface area (Å²) in [5.74, 6) is 0.312. The van der Waals surface area contributed by atoms with Crippen LogP contribution in [0, 0.1) is 12.3 Å². The van der Waals surface area contributed by atoms with Crippen molar-refractivity contribution in [3.63, 3.8) is 0 Å². The lowest BCUT2D eigenvalue weighted by Gasteiger charge is -2.49. The third kappa shape index (κ3) is 4.19. The number of nitrogens with two attached hydrogens (primary N) is 1. The standard InChI is InChI=1S/C16H14IN5O5S2/c1-2-3-27-21-9(8-6-29-16(18)19-8)12(23)20-10-13(24)22-11(15(25)26)7(4-17)5-28-14(10)22/h1,6,10,14H,3-5H2,(H2,18,19)(H,20,23)(H,25,26)/b21-9-/t10-,14-/m1/s1. The quantitative estimate of drug-likeness (QED) is 0.0838. The predicted molar refractivity (Wildman–Crippen MR) is 116 cm³/mol. The molecule has 4 N–H and O–H groups in total. The Balaban J connectivity index is 1.79. The van der Waals surface area contributed by atoms with E-state index in [2.05, 4.69) is 44.0 Å². The number of fused-ring (bicyclic) bond motifs is 1. The van der Waals surface area contributed by atoms with Gasteiger partial charge in [0.2, 0.25) is 0 Å². The molecule has 2 atom stereocenters. The van der Waals surface area contributed by atoms with E-state index in [-0.39, 0.29) is 28.8 Å². The number of aromatic nitrogens is 1. The van der Waals surface area contributed by atoms with Crippen LogP contribution in [-0.2, 0) is 19.2 Å². The summed E-state index contributed by atoms with van der Waals surface area (Å²) in [7, 11) is 0. The molecule has 1 aromatic rings. The number of carbonyl (C=O) groups excluding carboxylic acids is 2. The number of aliphatic carboxylic acids is 1. The number of thioether (sulfide) groups is 1. The molecule has 0 aliphatic carbocycles. The Morgan fingerprint density at radius 2 is 2.34 bits per heavy atom. The lowest BCUT2D eigenvalue weighted by Crippen LogP contribution is -2.71. The maximum atomic E-state index is 12.7. The van der Waals surface area contributed by atoms with E-state index in [1.165, 1.54) is 22.0 Å². The van der Waals surface area contributed by atoms with Crippen molar-refractivity contribution in [1.29, 1.82) is 0 Å². The fraction of sp³-hybridized carbons (Fsp3) is 0.312. The number of terminal acetylenes is 1. The van der Waals surface area contributed by atoms with E-state index in [0.29, 0.717) is 15.8 Å². The fourth-order valence-electron chi connectivity index (χ4n) is 2.73. The molecule has 0 spiro atoms. The molecule has 2 aliphatic rings. The number of thiazole rings is 1. The number of amides is 2. The van der Waals surface area contributed by atoms with E-state index < -0.39 is 29.2 Å².